The van der Waals surface area contributed by atoms with Gasteiger partial charge in [0.1, 0.15) is 5.66 Å². The number of hydrogen-bond donors (Lipinski definition) is 1. The summed E-state index contributed by atoms with van der Waals surface area (Å²) in [6.45, 7) is 11.1. The zero-order chi connectivity index (χ0) is 12.9. The molecule has 0 radical (unpaired) electrons. The summed E-state index contributed by atoms with van der Waals surface area (Å²) < 4.78 is 0. The van der Waals surface area contributed by atoms with Crippen molar-refractivity contribution in [1.29, 1.82) is 0 Å². The minimum atomic E-state index is -0.138. The maximum atomic E-state index is 4.60. The van der Waals surface area contributed by atoms with Gasteiger partial charge in [0.25, 0.3) is 0 Å². The predicted octanol–water partition coefficient (Wildman–Crippen LogP) is 4.28. The molecule has 0 amide bonds. The molecule has 0 aliphatic carbocycles. The smallest absolute Gasteiger partial charge is 0.123 e. The van der Waals surface area contributed by atoms with Crippen molar-refractivity contribution in [3.05, 3.63) is 11.8 Å². The van der Waals surface area contributed by atoms with E-state index in [1.54, 1.807) is 0 Å². The maximum Gasteiger partial charge on any atom is 0.123 e. The van der Waals surface area contributed by atoms with Gasteiger partial charge < -0.3 is 5.32 Å². The molecule has 2 nitrogen and oxygen atoms in total. The van der Waals surface area contributed by atoms with Crippen molar-refractivity contribution < 1.29 is 0 Å². The summed E-state index contributed by atoms with van der Waals surface area (Å²) in [4.78, 5) is 4.60. The lowest BCUT2D eigenvalue weighted by Gasteiger charge is -2.35. The minimum absolute atomic E-state index is 0.138. The Morgan fingerprint density at radius 3 is 2.41 bits per heavy atom. The van der Waals surface area contributed by atoms with Crippen molar-refractivity contribution >= 4 is 6.21 Å². The molecular formula is C15H28N2. The van der Waals surface area contributed by atoms with Gasteiger partial charge in [0, 0.05) is 12.4 Å². The summed E-state index contributed by atoms with van der Waals surface area (Å²) >= 11 is 0. The van der Waals surface area contributed by atoms with E-state index in [2.05, 4.69) is 57.3 Å². The monoisotopic (exact) mass is 236 g/mol. The topological polar surface area (TPSA) is 24.4 Å². The number of nitrogens with zero attached hydrogens (tertiary/aromatic N) is 1. The molecule has 1 atom stereocenters. The largest absolute Gasteiger partial charge is 0.367 e. The Balaban J connectivity index is 2.78. The molecule has 0 saturated carbocycles. The van der Waals surface area contributed by atoms with E-state index < -0.39 is 0 Å². The Hall–Kier alpha value is -0.790. The second-order valence-corrected chi connectivity index (χ2v) is 5.98. The van der Waals surface area contributed by atoms with Gasteiger partial charge >= 0.3 is 0 Å². The van der Waals surface area contributed by atoms with Crippen molar-refractivity contribution in [1.82, 2.24) is 5.32 Å². The third-order valence-electron chi connectivity index (χ3n) is 3.69. The van der Waals surface area contributed by atoms with Gasteiger partial charge in [-0.1, -0.05) is 40.0 Å². The third-order valence-corrected chi connectivity index (χ3v) is 3.69. The number of allylic oxidation sites excluding steroid dienone is 1. The first-order valence-corrected chi connectivity index (χ1v) is 6.97. The average Bonchev–Trinajstić information content (AvgIpc) is 2.26. The number of unbranched alkanes of at least 4 members (excludes halogenated alkanes) is 1. The van der Waals surface area contributed by atoms with Crippen LogP contribution in [-0.2, 0) is 0 Å². The second kappa shape index (κ2) is 5.70. The lowest BCUT2D eigenvalue weighted by atomic mass is 9.74. The number of nitrogens with one attached hydrogen (secondary N) is 1. The van der Waals surface area contributed by atoms with Crippen LogP contribution in [0.2, 0.25) is 0 Å². The first-order valence-electron chi connectivity index (χ1n) is 6.97. The lowest BCUT2D eigenvalue weighted by Crippen LogP contribution is -2.38. The molecule has 0 bridgehead atoms. The van der Waals surface area contributed by atoms with Crippen LogP contribution < -0.4 is 5.32 Å². The molecule has 0 aromatic heterocycles. The molecule has 17 heavy (non-hydrogen) atoms. The van der Waals surface area contributed by atoms with Gasteiger partial charge in [0.15, 0.2) is 0 Å². The molecule has 0 aromatic rings. The first kappa shape index (κ1) is 14.3. The quantitative estimate of drug-likeness (QED) is 0.731. The van der Waals surface area contributed by atoms with Crippen LogP contribution in [0.5, 0.6) is 0 Å². The minimum Gasteiger partial charge on any atom is -0.367 e. The van der Waals surface area contributed by atoms with E-state index in [1.165, 1.54) is 37.7 Å². The number of hydrogen-bond acceptors (Lipinski definition) is 2. The van der Waals surface area contributed by atoms with E-state index in [0.29, 0.717) is 0 Å². The van der Waals surface area contributed by atoms with Crippen LogP contribution in [0, 0.1) is 5.41 Å². The Labute approximate surface area is 107 Å². The molecule has 98 valence electrons. The molecule has 1 aliphatic heterocycles. The normalized spacial score (nSPS) is 21.6. The fourth-order valence-electron chi connectivity index (χ4n) is 2.42. The van der Waals surface area contributed by atoms with Gasteiger partial charge in [-0.2, -0.15) is 0 Å². The average molecular weight is 236 g/mol. The highest BCUT2D eigenvalue weighted by molar-refractivity contribution is 5.81. The highest BCUT2D eigenvalue weighted by Gasteiger charge is 2.29. The van der Waals surface area contributed by atoms with Crippen LogP contribution in [0.25, 0.3) is 0 Å². The summed E-state index contributed by atoms with van der Waals surface area (Å²) in [6, 6.07) is 0. The molecule has 1 rings (SSSR count). The molecule has 1 aliphatic rings. The van der Waals surface area contributed by atoms with Gasteiger partial charge in [0.2, 0.25) is 0 Å². The van der Waals surface area contributed by atoms with Gasteiger partial charge in [-0.05, 0) is 37.7 Å². The third kappa shape index (κ3) is 3.86. The summed E-state index contributed by atoms with van der Waals surface area (Å²) in [5.74, 6) is 0. The SMILES string of the molecule is CCCCC(C)(CCC)C1=CNC(C)(C)N=C1. The molecule has 2 heteroatoms. The standard InChI is InChI=1S/C15H28N2/c1-6-8-10-15(5,9-7-2)13-11-16-14(3,4)17-12-13/h11-12,16H,6-10H2,1-5H3. The molecule has 1 heterocycles. The highest BCUT2D eigenvalue weighted by atomic mass is 15.1. The number of rotatable bonds is 6. The van der Waals surface area contributed by atoms with Crippen molar-refractivity contribution in [2.75, 3.05) is 0 Å². The van der Waals surface area contributed by atoms with Crippen LogP contribution in [0.1, 0.15) is 66.7 Å². The Morgan fingerprint density at radius 1 is 1.24 bits per heavy atom. The second-order valence-electron chi connectivity index (χ2n) is 5.98. The van der Waals surface area contributed by atoms with Crippen molar-refractivity contribution in [3.8, 4) is 0 Å². The van der Waals surface area contributed by atoms with E-state index in [9.17, 15) is 0 Å². The summed E-state index contributed by atoms with van der Waals surface area (Å²) in [5, 5.41) is 3.39. The zero-order valence-corrected chi connectivity index (χ0v) is 12.1. The van der Waals surface area contributed by atoms with Gasteiger partial charge in [-0.3, -0.25) is 4.99 Å². The fourth-order valence-corrected chi connectivity index (χ4v) is 2.42. The molecule has 0 saturated heterocycles. The van der Waals surface area contributed by atoms with E-state index in [1.807, 2.05) is 0 Å². The summed E-state index contributed by atoms with van der Waals surface area (Å²) in [5.41, 5.74) is 1.52. The Bertz CT molecular complexity index is 302. The van der Waals surface area contributed by atoms with Gasteiger partial charge in [0.05, 0.1) is 0 Å². The van der Waals surface area contributed by atoms with Crippen LogP contribution in [0.3, 0.4) is 0 Å². The number of aliphatic imine (C=N–C) groups is 1. The molecular weight excluding hydrogens is 208 g/mol. The Kier molecular flexibility index (Phi) is 4.79. The summed E-state index contributed by atoms with van der Waals surface area (Å²) in [6.07, 6.45) is 10.6. The molecule has 0 spiro atoms. The predicted molar refractivity (Wildman–Crippen MR) is 76.3 cm³/mol. The molecule has 1 unspecified atom stereocenters. The van der Waals surface area contributed by atoms with E-state index >= 15 is 0 Å². The Morgan fingerprint density at radius 2 is 1.94 bits per heavy atom. The lowest BCUT2D eigenvalue weighted by molar-refractivity contribution is 0.326. The molecule has 0 aromatic carbocycles. The summed E-state index contributed by atoms with van der Waals surface area (Å²) in [7, 11) is 0. The van der Waals surface area contributed by atoms with E-state index in [-0.39, 0.29) is 11.1 Å². The van der Waals surface area contributed by atoms with Crippen LogP contribution in [-0.4, -0.2) is 11.9 Å². The first-order chi connectivity index (χ1) is 7.93. The van der Waals surface area contributed by atoms with Gasteiger partial charge in [-0.25, -0.2) is 0 Å². The van der Waals surface area contributed by atoms with Crippen LogP contribution >= 0.6 is 0 Å². The highest BCUT2D eigenvalue weighted by Crippen LogP contribution is 2.37. The molecule has 1 N–H and O–H groups in total. The zero-order valence-electron chi connectivity index (χ0n) is 12.1. The van der Waals surface area contributed by atoms with Crippen molar-refractivity contribution in [3.63, 3.8) is 0 Å². The maximum absolute atomic E-state index is 4.60. The van der Waals surface area contributed by atoms with Crippen molar-refractivity contribution in [2.24, 2.45) is 10.4 Å². The van der Waals surface area contributed by atoms with Crippen molar-refractivity contribution in [2.45, 2.75) is 72.4 Å². The van der Waals surface area contributed by atoms with Gasteiger partial charge in [-0.15, -0.1) is 0 Å². The van der Waals surface area contributed by atoms with E-state index in [0.717, 1.165) is 0 Å². The fraction of sp³-hybridized carbons (Fsp3) is 0.800. The van der Waals surface area contributed by atoms with Crippen LogP contribution in [0.4, 0.5) is 0 Å². The van der Waals surface area contributed by atoms with Crippen LogP contribution in [0.15, 0.2) is 16.8 Å². The molecule has 0 fully saturated rings. The van der Waals surface area contributed by atoms with E-state index in [4.69, 9.17) is 0 Å².